The van der Waals surface area contributed by atoms with Crippen LogP contribution in [-0.2, 0) is 16.1 Å². The van der Waals surface area contributed by atoms with Crippen molar-refractivity contribution in [1.82, 2.24) is 9.78 Å². The average molecular weight is 322 g/mol. The van der Waals surface area contributed by atoms with E-state index in [1.165, 1.54) is 19.3 Å². The molecule has 23 heavy (non-hydrogen) atoms. The molecule has 130 valence electrons. The number of nitrogens with one attached hydrogen (secondary N) is 1. The molecule has 0 unspecified atom stereocenters. The van der Waals surface area contributed by atoms with Crippen LogP contribution in [-0.4, -0.2) is 35.9 Å². The van der Waals surface area contributed by atoms with Crippen LogP contribution in [0.4, 0.5) is 5.69 Å². The minimum absolute atomic E-state index is 0.0177. The standard InChI is InChI=1S/C17H30N4O2/c1-13-16(14(2)21(20-13)9-10-23-3)19-15(22)11-17(12-18)7-5-4-6-8-17/h4-12,18H2,1-3H3,(H,19,22). The normalized spacial score (nSPS) is 17.2. The fraction of sp³-hybridized carbons (Fsp3) is 0.765. The Morgan fingerprint density at radius 3 is 2.65 bits per heavy atom. The second kappa shape index (κ2) is 7.93. The largest absolute Gasteiger partial charge is 0.383 e. The lowest BCUT2D eigenvalue weighted by atomic mass is 9.71. The van der Waals surface area contributed by atoms with Crippen molar-refractivity contribution < 1.29 is 9.53 Å². The summed E-state index contributed by atoms with van der Waals surface area (Å²) in [4.78, 5) is 12.5. The van der Waals surface area contributed by atoms with Crippen molar-refractivity contribution in [2.75, 3.05) is 25.6 Å². The Morgan fingerprint density at radius 1 is 1.35 bits per heavy atom. The highest BCUT2D eigenvalue weighted by atomic mass is 16.5. The zero-order valence-corrected chi connectivity index (χ0v) is 14.7. The van der Waals surface area contributed by atoms with Crippen LogP contribution < -0.4 is 11.1 Å². The number of methoxy groups -OCH3 is 1. The molecule has 1 amide bonds. The molecule has 1 aliphatic rings. The Kier molecular flexibility index (Phi) is 6.18. The highest BCUT2D eigenvalue weighted by Crippen LogP contribution is 2.38. The zero-order chi connectivity index (χ0) is 16.9. The van der Waals surface area contributed by atoms with Crippen LogP contribution in [0.2, 0.25) is 0 Å². The van der Waals surface area contributed by atoms with E-state index in [0.29, 0.717) is 26.1 Å². The van der Waals surface area contributed by atoms with E-state index in [1.807, 2.05) is 18.5 Å². The molecule has 1 fully saturated rings. The van der Waals surface area contributed by atoms with Crippen molar-refractivity contribution in [1.29, 1.82) is 0 Å². The number of rotatable bonds is 7. The number of aromatic nitrogens is 2. The summed E-state index contributed by atoms with van der Waals surface area (Å²) in [6, 6.07) is 0. The van der Waals surface area contributed by atoms with Gasteiger partial charge in [0.1, 0.15) is 0 Å². The Labute approximate surface area is 138 Å². The topological polar surface area (TPSA) is 82.2 Å². The van der Waals surface area contributed by atoms with Crippen molar-refractivity contribution in [2.24, 2.45) is 11.1 Å². The van der Waals surface area contributed by atoms with Crippen molar-refractivity contribution in [3.8, 4) is 0 Å². The lowest BCUT2D eigenvalue weighted by Gasteiger charge is -2.35. The van der Waals surface area contributed by atoms with Gasteiger partial charge in [-0.05, 0) is 38.6 Å². The summed E-state index contributed by atoms with van der Waals surface area (Å²) < 4.78 is 6.98. The molecule has 0 bridgehead atoms. The van der Waals surface area contributed by atoms with Crippen LogP contribution in [0.15, 0.2) is 0 Å². The first kappa shape index (κ1) is 17.9. The zero-order valence-electron chi connectivity index (χ0n) is 14.7. The summed E-state index contributed by atoms with van der Waals surface area (Å²) in [6.07, 6.45) is 6.23. The molecule has 1 aromatic heterocycles. The number of ether oxygens (including phenoxy) is 1. The molecule has 1 saturated carbocycles. The molecule has 0 aromatic carbocycles. The van der Waals surface area contributed by atoms with Crippen molar-refractivity contribution in [3.05, 3.63) is 11.4 Å². The Hall–Kier alpha value is -1.40. The van der Waals surface area contributed by atoms with Gasteiger partial charge in [-0.25, -0.2) is 0 Å². The van der Waals surface area contributed by atoms with E-state index < -0.39 is 0 Å². The number of nitrogens with zero attached hydrogens (tertiary/aromatic N) is 2. The fourth-order valence-electron chi connectivity index (χ4n) is 3.55. The molecule has 0 aliphatic heterocycles. The molecule has 0 spiro atoms. The Balaban J connectivity index is 2.03. The van der Waals surface area contributed by atoms with E-state index in [-0.39, 0.29) is 11.3 Å². The lowest BCUT2D eigenvalue weighted by Crippen LogP contribution is -2.36. The lowest BCUT2D eigenvalue weighted by molar-refractivity contribution is -0.118. The second-order valence-electron chi connectivity index (χ2n) is 6.75. The van der Waals surface area contributed by atoms with Crippen LogP contribution in [0.5, 0.6) is 0 Å². The van der Waals surface area contributed by atoms with Crippen molar-refractivity contribution >= 4 is 11.6 Å². The van der Waals surface area contributed by atoms with Gasteiger partial charge < -0.3 is 15.8 Å². The molecule has 6 heteroatoms. The quantitative estimate of drug-likeness (QED) is 0.807. The number of anilines is 1. The molecular weight excluding hydrogens is 292 g/mol. The molecule has 0 saturated heterocycles. The van der Waals surface area contributed by atoms with Crippen molar-refractivity contribution in [2.45, 2.75) is 58.9 Å². The van der Waals surface area contributed by atoms with Gasteiger partial charge in [-0.1, -0.05) is 19.3 Å². The molecule has 2 rings (SSSR count). The summed E-state index contributed by atoms with van der Waals surface area (Å²) >= 11 is 0. The first-order valence-electron chi connectivity index (χ1n) is 8.54. The number of carbonyl (C=O) groups is 1. The number of carbonyl (C=O) groups excluding carboxylic acids is 1. The van der Waals surface area contributed by atoms with E-state index in [9.17, 15) is 4.79 Å². The summed E-state index contributed by atoms with van der Waals surface area (Å²) in [5, 5.41) is 7.55. The van der Waals surface area contributed by atoms with E-state index in [4.69, 9.17) is 10.5 Å². The molecular formula is C17H30N4O2. The molecule has 6 nitrogen and oxygen atoms in total. The Bertz CT molecular complexity index is 533. The van der Waals surface area contributed by atoms with Gasteiger partial charge in [0.25, 0.3) is 0 Å². The van der Waals surface area contributed by atoms with Gasteiger partial charge in [-0.3, -0.25) is 9.48 Å². The van der Waals surface area contributed by atoms with Gasteiger partial charge in [-0.15, -0.1) is 0 Å². The monoisotopic (exact) mass is 322 g/mol. The highest BCUT2D eigenvalue weighted by Gasteiger charge is 2.33. The second-order valence-corrected chi connectivity index (χ2v) is 6.75. The molecule has 0 atom stereocenters. The Morgan fingerprint density at radius 2 is 2.04 bits per heavy atom. The number of nitrogens with two attached hydrogens (primary N) is 1. The van der Waals surface area contributed by atoms with Gasteiger partial charge in [0, 0.05) is 13.5 Å². The van der Waals surface area contributed by atoms with Crippen LogP contribution >= 0.6 is 0 Å². The predicted molar refractivity (Wildman–Crippen MR) is 91.4 cm³/mol. The van der Waals surface area contributed by atoms with Crippen LogP contribution in [0, 0.1) is 19.3 Å². The minimum atomic E-state index is -0.0177. The van der Waals surface area contributed by atoms with E-state index >= 15 is 0 Å². The van der Waals surface area contributed by atoms with Gasteiger partial charge in [0.05, 0.1) is 30.2 Å². The predicted octanol–water partition coefficient (Wildman–Crippen LogP) is 2.38. The van der Waals surface area contributed by atoms with Gasteiger partial charge in [-0.2, -0.15) is 5.10 Å². The highest BCUT2D eigenvalue weighted by molar-refractivity contribution is 5.92. The first-order chi connectivity index (χ1) is 11.0. The third-order valence-corrected chi connectivity index (χ3v) is 5.04. The SMILES string of the molecule is COCCn1nc(C)c(NC(=O)CC2(CN)CCCCC2)c1C. The maximum Gasteiger partial charge on any atom is 0.225 e. The maximum atomic E-state index is 12.5. The smallest absolute Gasteiger partial charge is 0.225 e. The van der Waals surface area contributed by atoms with E-state index in [0.717, 1.165) is 29.9 Å². The average Bonchev–Trinajstić information content (AvgIpc) is 2.81. The van der Waals surface area contributed by atoms with Crippen molar-refractivity contribution in [3.63, 3.8) is 0 Å². The van der Waals surface area contributed by atoms with Crippen LogP contribution in [0.3, 0.4) is 0 Å². The molecule has 0 radical (unpaired) electrons. The van der Waals surface area contributed by atoms with Crippen LogP contribution in [0.25, 0.3) is 0 Å². The van der Waals surface area contributed by atoms with Crippen LogP contribution in [0.1, 0.15) is 49.9 Å². The molecule has 3 N–H and O–H groups in total. The number of aryl methyl sites for hydroxylation is 1. The summed E-state index contributed by atoms with van der Waals surface area (Å²) in [7, 11) is 1.67. The van der Waals surface area contributed by atoms with Gasteiger partial charge >= 0.3 is 0 Å². The fourth-order valence-corrected chi connectivity index (χ4v) is 3.55. The summed E-state index contributed by atoms with van der Waals surface area (Å²) in [5.74, 6) is 0.0508. The first-order valence-corrected chi connectivity index (χ1v) is 8.54. The van der Waals surface area contributed by atoms with Gasteiger partial charge in [0.2, 0.25) is 5.91 Å². The summed E-state index contributed by atoms with van der Waals surface area (Å²) in [6.45, 7) is 5.78. The summed E-state index contributed by atoms with van der Waals surface area (Å²) in [5.41, 5.74) is 8.61. The third kappa shape index (κ3) is 4.32. The molecule has 1 heterocycles. The number of amides is 1. The minimum Gasteiger partial charge on any atom is -0.383 e. The number of hydrogen-bond acceptors (Lipinski definition) is 4. The van der Waals surface area contributed by atoms with Gasteiger partial charge in [0.15, 0.2) is 0 Å². The maximum absolute atomic E-state index is 12.5. The van der Waals surface area contributed by atoms with E-state index in [2.05, 4.69) is 10.4 Å². The molecule has 1 aromatic rings. The number of hydrogen-bond donors (Lipinski definition) is 2. The molecule has 1 aliphatic carbocycles. The third-order valence-electron chi connectivity index (χ3n) is 5.04. The van der Waals surface area contributed by atoms with E-state index in [1.54, 1.807) is 7.11 Å².